The van der Waals surface area contributed by atoms with Gasteiger partial charge in [0, 0.05) is 25.0 Å². The number of carbonyl (C=O) groups excluding carboxylic acids is 2. The topological polar surface area (TPSA) is 125 Å². The van der Waals surface area contributed by atoms with E-state index >= 15 is 0 Å². The maximum atomic E-state index is 12.7. The molecule has 0 bridgehead atoms. The van der Waals surface area contributed by atoms with Gasteiger partial charge in [-0.25, -0.2) is 13.1 Å². The number of sulfonamides is 1. The number of hydrogen-bond donors (Lipinski definition) is 2. The third kappa shape index (κ3) is 6.07. The van der Waals surface area contributed by atoms with E-state index in [0.29, 0.717) is 23.6 Å². The highest BCUT2D eigenvalue weighted by Gasteiger charge is 2.22. The third-order valence-corrected chi connectivity index (χ3v) is 5.23. The Kier molecular flexibility index (Phi) is 7.13. The minimum atomic E-state index is -4.00. The number of aliphatic carboxylic acids is 1. The molecular formula is C19H21N2O6S-. The molecular weight excluding hydrogens is 384 g/mol. The highest BCUT2D eigenvalue weighted by atomic mass is 32.2. The lowest BCUT2D eigenvalue weighted by Gasteiger charge is -2.20. The summed E-state index contributed by atoms with van der Waals surface area (Å²) in [7, 11) is -4.00. The second-order valence-electron chi connectivity index (χ2n) is 5.96. The molecule has 2 N–H and O–H groups in total. The van der Waals surface area contributed by atoms with E-state index < -0.39 is 28.5 Å². The van der Waals surface area contributed by atoms with Gasteiger partial charge in [-0.3, -0.25) is 4.79 Å². The largest absolute Gasteiger partial charge is 0.550 e. The van der Waals surface area contributed by atoms with Crippen LogP contribution in [0.1, 0.15) is 31.9 Å². The summed E-state index contributed by atoms with van der Waals surface area (Å²) < 4.78 is 33.1. The molecule has 1 amide bonds. The van der Waals surface area contributed by atoms with Crippen LogP contribution in [0.25, 0.3) is 0 Å². The van der Waals surface area contributed by atoms with E-state index in [1.807, 2.05) is 6.92 Å². The Balaban J connectivity index is 2.24. The van der Waals surface area contributed by atoms with Crippen molar-refractivity contribution >= 4 is 27.6 Å². The first-order valence-corrected chi connectivity index (χ1v) is 10.0. The van der Waals surface area contributed by atoms with E-state index in [0.717, 1.165) is 0 Å². The number of carboxylic acid groups (broad SMARTS) is 1. The van der Waals surface area contributed by atoms with Gasteiger partial charge < -0.3 is 20.0 Å². The van der Waals surface area contributed by atoms with Crippen LogP contribution in [0.15, 0.2) is 53.4 Å². The molecule has 1 atom stereocenters. The predicted molar refractivity (Wildman–Crippen MR) is 101 cm³/mol. The van der Waals surface area contributed by atoms with Gasteiger partial charge in [0.25, 0.3) is 0 Å². The van der Waals surface area contributed by atoms with Crippen LogP contribution in [-0.2, 0) is 19.6 Å². The first-order chi connectivity index (χ1) is 13.2. The molecule has 1 unspecified atom stereocenters. The van der Waals surface area contributed by atoms with Gasteiger partial charge in [0.05, 0.1) is 17.5 Å². The summed E-state index contributed by atoms with van der Waals surface area (Å²) in [5.41, 5.74) is 0.912. The van der Waals surface area contributed by atoms with Crippen molar-refractivity contribution in [1.82, 2.24) is 4.72 Å². The summed E-state index contributed by atoms with van der Waals surface area (Å²) in [5.74, 6) is -1.07. The van der Waals surface area contributed by atoms with E-state index in [9.17, 15) is 23.1 Å². The van der Waals surface area contributed by atoms with E-state index in [-0.39, 0.29) is 10.8 Å². The molecule has 0 fully saturated rings. The quantitative estimate of drug-likeness (QED) is 0.646. The molecule has 0 saturated heterocycles. The molecule has 0 spiro atoms. The SMILES string of the molecule is CCOc1ccc(C(CC(=O)[O-])NS(=O)(=O)c2ccc(NC(C)=O)cc2)cc1. The number of nitrogens with one attached hydrogen (secondary N) is 2. The highest BCUT2D eigenvalue weighted by molar-refractivity contribution is 7.89. The normalized spacial score (nSPS) is 12.2. The van der Waals surface area contributed by atoms with Gasteiger partial charge in [-0.15, -0.1) is 0 Å². The van der Waals surface area contributed by atoms with Crippen molar-refractivity contribution in [3.63, 3.8) is 0 Å². The average Bonchev–Trinajstić information content (AvgIpc) is 2.61. The van der Waals surface area contributed by atoms with E-state index in [4.69, 9.17) is 4.74 Å². The molecule has 2 aromatic carbocycles. The molecule has 2 aromatic rings. The van der Waals surface area contributed by atoms with Crippen LogP contribution in [0.2, 0.25) is 0 Å². The first-order valence-electron chi connectivity index (χ1n) is 8.54. The number of carbonyl (C=O) groups is 2. The van der Waals surface area contributed by atoms with Crippen molar-refractivity contribution in [3.05, 3.63) is 54.1 Å². The number of benzene rings is 2. The van der Waals surface area contributed by atoms with Gasteiger partial charge in [-0.05, 0) is 48.9 Å². The van der Waals surface area contributed by atoms with Gasteiger partial charge in [0.15, 0.2) is 0 Å². The Labute approximate surface area is 163 Å². The second-order valence-corrected chi connectivity index (χ2v) is 7.67. The van der Waals surface area contributed by atoms with Gasteiger partial charge in [0.2, 0.25) is 15.9 Å². The fourth-order valence-electron chi connectivity index (χ4n) is 2.53. The van der Waals surface area contributed by atoms with Crippen LogP contribution in [-0.4, -0.2) is 26.9 Å². The molecule has 0 aliphatic heterocycles. The number of carboxylic acids is 1. The summed E-state index contributed by atoms with van der Waals surface area (Å²) in [6, 6.07) is 11.0. The Bertz CT molecular complexity index is 924. The van der Waals surface area contributed by atoms with Gasteiger partial charge in [-0.1, -0.05) is 12.1 Å². The molecule has 0 saturated carbocycles. The van der Waals surface area contributed by atoms with Crippen LogP contribution < -0.4 is 19.9 Å². The van der Waals surface area contributed by atoms with Crippen molar-refractivity contribution < 1.29 is 27.9 Å². The molecule has 0 aromatic heterocycles. The Morgan fingerprint density at radius 3 is 2.18 bits per heavy atom. The van der Waals surface area contributed by atoms with Gasteiger partial charge >= 0.3 is 0 Å². The predicted octanol–water partition coefficient (Wildman–Crippen LogP) is 1.20. The highest BCUT2D eigenvalue weighted by Crippen LogP contribution is 2.23. The fraction of sp³-hybridized carbons (Fsp3) is 0.263. The molecule has 0 heterocycles. The Morgan fingerprint density at radius 2 is 1.68 bits per heavy atom. The smallest absolute Gasteiger partial charge is 0.241 e. The third-order valence-electron chi connectivity index (χ3n) is 3.75. The van der Waals surface area contributed by atoms with Gasteiger partial charge in [0.1, 0.15) is 5.75 Å². The van der Waals surface area contributed by atoms with Crippen molar-refractivity contribution in [2.24, 2.45) is 0 Å². The number of ether oxygens (including phenoxy) is 1. The number of amides is 1. The number of hydrogen-bond acceptors (Lipinski definition) is 6. The summed E-state index contributed by atoms with van der Waals surface area (Å²) in [6.45, 7) is 3.65. The van der Waals surface area contributed by atoms with Crippen molar-refractivity contribution in [1.29, 1.82) is 0 Å². The summed E-state index contributed by atoms with van der Waals surface area (Å²) in [5, 5.41) is 13.7. The van der Waals surface area contributed by atoms with E-state index in [2.05, 4.69) is 10.0 Å². The number of rotatable bonds is 9. The minimum absolute atomic E-state index is 0.0594. The van der Waals surface area contributed by atoms with E-state index in [1.165, 1.54) is 31.2 Å². The minimum Gasteiger partial charge on any atom is -0.550 e. The second kappa shape index (κ2) is 9.34. The lowest BCUT2D eigenvalue weighted by molar-refractivity contribution is -0.306. The Hall–Kier alpha value is -2.91. The summed E-state index contributed by atoms with van der Waals surface area (Å²) >= 11 is 0. The van der Waals surface area contributed by atoms with Crippen LogP contribution in [0.4, 0.5) is 5.69 Å². The van der Waals surface area contributed by atoms with Crippen molar-refractivity contribution in [2.75, 3.05) is 11.9 Å². The van der Waals surface area contributed by atoms with Crippen LogP contribution in [0.5, 0.6) is 5.75 Å². The maximum Gasteiger partial charge on any atom is 0.241 e. The maximum absolute atomic E-state index is 12.7. The zero-order valence-corrected chi connectivity index (χ0v) is 16.3. The van der Waals surface area contributed by atoms with Crippen molar-refractivity contribution in [3.8, 4) is 5.75 Å². The van der Waals surface area contributed by atoms with Crippen LogP contribution >= 0.6 is 0 Å². The molecule has 0 aliphatic rings. The summed E-state index contributed by atoms with van der Waals surface area (Å²) in [6.07, 6.45) is -0.531. The summed E-state index contributed by atoms with van der Waals surface area (Å²) in [4.78, 5) is 22.1. The lowest BCUT2D eigenvalue weighted by Crippen LogP contribution is -2.34. The average molecular weight is 405 g/mol. The fourth-order valence-corrected chi connectivity index (χ4v) is 3.76. The molecule has 9 heteroatoms. The zero-order chi connectivity index (χ0) is 20.7. The Morgan fingerprint density at radius 1 is 1.07 bits per heavy atom. The van der Waals surface area contributed by atoms with Crippen LogP contribution in [0.3, 0.4) is 0 Å². The standard InChI is InChI=1S/C19H22N2O6S/c1-3-27-16-8-4-14(5-9-16)18(12-19(23)24)21-28(25,26)17-10-6-15(7-11-17)20-13(2)22/h4-11,18,21H,3,12H2,1-2H3,(H,20,22)(H,23,24)/p-1. The monoisotopic (exact) mass is 405 g/mol. The zero-order valence-electron chi connectivity index (χ0n) is 15.5. The van der Waals surface area contributed by atoms with Crippen LogP contribution in [0, 0.1) is 0 Å². The molecule has 28 heavy (non-hydrogen) atoms. The molecule has 0 radical (unpaired) electrons. The first kappa shape index (κ1) is 21.4. The van der Waals surface area contributed by atoms with Gasteiger partial charge in [-0.2, -0.15) is 0 Å². The molecule has 8 nitrogen and oxygen atoms in total. The molecule has 2 rings (SSSR count). The molecule has 150 valence electrons. The van der Waals surface area contributed by atoms with Crippen molar-refractivity contribution in [2.45, 2.75) is 31.2 Å². The van der Waals surface area contributed by atoms with E-state index in [1.54, 1.807) is 24.3 Å². The number of anilines is 1. The molecule has 0 aliphatic carbocycles. The lowest BCUT2D eigenvalue weighted by atomic mass is 10.0.